The van der Waals surface area contributed by atoms with Crippen molar-refractivity contribution in [3.8, 4) is 6.07 Å². The van der Waals surface area contributed by atoms with Gasteiger partial charge >= 0.3 is 6.18 Å². The third-order valence-electron chi connectivity index (χ3n) is 7.00. The van der Waals surface area contributed by atoms with Crippen molar-refractivity contribution in [2.24, 2.45) is 0 Å². The zero-order chi connectivity index (χ0) is 24.9. The van der Waals surface area contributed by atoms with Crippen LogP contribution in [0.1, 0.15) is 53.9 Å². The highest BCUT2D eigenvalue weighted by molar-refractivity contribution is 5.93. The van der Waals surface area contributed by atoms with Gasteiger partial charge in [-0.2, -0.15) is 23.5 Å². The van der Waals surface area contributed by atoms with Crippen LogP contribution in [0.25, 0.3) is 10.9 Å². The second-order valence-corrected chi connectivity index (χ2v) is 9.21. The van der Waals surface area contributed by atoms with Gasteiger partial charge in [0.2, 0.25) is 0 Å². The lowest BCUT2D eigenvalue weighted by Gasteiger charge is -2.37. The fourth-order valence-corrected chi connectivity index (χ4v) is 5.25. The van der Waals surface area contributed by atoms with Gasteiger partial charge in [-0.3, -0.25) is 0 Å². The molecule has 1 N–H and O–H groups in total. The predicted molar refractivity (Wildman–Crippen MR) is 125 cm³/mol. The Morgan fingerprint density at radius 2 is 1.89 bits per heavy atom. The number of anilines is 2. The van der Waals surface area contributed by atoms with Crippen LogP contribution in [0.2, 0.25) is 0 Å². The number of hydrogen-bond acceptors (Lipinski definition) is 7. The van der Waals surface area contributed by atoms with Crippen molar-refractivity contribution >= 4 is 22.4 Å². The number of alkyl halides is 3. The number of nitrogens with one attached hydrogen (secondary N) is 1. The van der Waals surface area contributed by atoms with Crippen molar-refractivity contribution in [3.63, 3.8) is 0 Å². The van der Waals surface area contributed by atoms with Crippen molar-refractivity contribution in [2.75, 3.05) is 23.4 Å². The Hall–Kier alpha value is -3.45. The van der Waals surface area contributed by atoms with Crippen LogP contribution in [0.3, 0.4) is 0 Å². The standard InChI is InChI=1S/C25H25F3N6O/c1-13-16(10-29)5-4-6-19(13)14(2)30-24-20-9-21(34-17-7-8-18(34)12-35-11-17)23(25(26,27)28)31-22(20)15(3)32-33-24/h4-6,9,14,17-18H,7-8,11-12H2,1-3H3,(H,30,33)/t14-,17?,18?/m1/s1. The van der Waals surface area contributed by atoms with Crippen molar-refractivity contribution < 1.29 is 17.9 Å². The topological polar surface area (TPSA) is 87.0 Å². The van der Waals surface area contributed by atoms with Gasteiger partial charge in [0.05, 0.1) is 59.9 Å². The van der Waals surface area contributed by atoms with Crippen LogP contribution >= 0.6 is 0 Å². The van der Waals surface area contributed by atoms with E-state index in [2.05, 4.69) is 26.6 Å². The SMILES string of the molecule is Cc1c(C#N)cccc1[C@@H](C)Nc1nnc(C)c2nc(C(F)(F)F)c(N3C4CCC3COC4)cc12. The number of aryl methyl sites for hydroxylation is 1. The Kier molecular flexibility index (Phi) is 5.75. The summed E-state index contributed by atoms with van der Waals surface area (Å²) >= 11 is 0. The average molecular weight is 483 g/mol. The fraction of sp³-hybridized carbons (Fsp3) is 0.440. The molecule has 3 aromatic rings. The number of hydrogen-bond donors (Lipinski definition) is 1. The summed E-state index contributed by atoms with van der Waals surface area (Å²) in [5.41, 5.74) is 1.94. The van der Waals surface area contributed by atoms with Crippen LogP contribution in [0.4, 0.5) is 24.7 Å². The van der Waals surface area contributed by atoms with E-state index in [4.69, 9.17) is 4.74 Å². The minimum atomic E-state index is -4.62. The van der Waals surface area contributed by atoms with Gasteiger partial charge in [-0.15, -0.1) is 5.10 Å². The van der Waals surface area contributed by atoms with Gasteiger partial charge < -0.3 is 15.0 Å². The number of pyridine rings is 1. The molecule has 0 saturated carbocycles. The van der Waals surface area contributed by atoms with E-state index in [1.54, 1.807) is 19.1 Å². The summed E-state index contributed by atoms with van der Waals surface area (Å²) in [7, 11) is 0. The molecule has 0 amide bonds. The molecule has 0 radical (unpaired) electrons. The number of fused-ring (bicyclic) bond motifs is 3. The normalized spacial score (nSPS) is 20.7. The lowest BCUT2D eigenvalue weighted by molar-refractivity contribution is -0.140. The molecule has 182 valence electrons. The van der Waals surface area contributed by atoms with Crippen molar-refractivity contribution in [1.29, 1.82) is 5.26 Å². The molecular weight excluding hydrogens is 457 g/mol. The lowest BCUT2D eigenvalue weighted by atomic mass is 9.98. The third-order valence-corrected chi connectivity index (χ3v) is 7.00. The van der Waals surface area contributed by atoms with Crippen LogP contribution in [-0.2, 0) is 10.9 Å². The number of nitrogens with zero attached hydrogens (tertiary/aromatic N) is 5. The highest BCUT2D eigenvalue weighted by Gasteiger charge is 2.44. The van der Waals surface area contributed by atoms with E-state index in [9.17, 15) is 18.4 Å². The Morgan fingerprint density at radius 1 is 1.17 bits per heavy atom. The van der Waals surface area contributed by atoms with Gasteiger partial charge in [0.15, 0.2) is 11.5 Å². The van der Waals surface area contributed by atoms with Gasteiger partial charge in [0.25, 0.3) is 0 Å². The molecular formula is C25H25F3N6O. The first-order chi connectivity index (χ1) is 16.7. The number of aromatic nitrogens is 3. The predicted octanol–water partition coefficient (Wildman–Crippen LogP) is 5.07. The quantitative estimate of drug-likeness (QED) is 0.555. The first-order valence-electron chi connectivity index (χ1n) is 11.6. The monoisotopic (exact) mass is 482 g/mol. The summed E-state index contributed by atoms with van der Waals surface area (Å²) in [4.78, 5) is 5.95. The summed E-state index contributed by atoms with van der Waals surface area (Å²) in [5.74, 6) is 0.350. The van der Waals surface area contributed by atoms with Crippen LogP contribution in [0.15, 0.2) is 24.3 Å². The summed E-state index contributed by atoms with van der Waals surface area (Å²) in [6, 6.07) is 8.70. The van der Waals surface area contributed by atoms with Crippen molar-refractivity contribution in [3.05, 3.63) is 52.3 Å². The third kappa shape index (κ3) is 4.04. The lowest BCUT2D eigenvalue weighted by Crippen LogP contribution is -2.46. The molecule has 7 nitrogen and oxygen atoms in total. The molecule has 5 rings (SSSR count). The molecule has 2 aliphatic rings. The zero-order valence-corrected chi connectivity index (χ0v) is 19.6. The number of rotatable bonds is 4. The number of benzene rings is 1. The van der Waals surface area contributed by atoms with Crippen LogP contribution in [-0.4, -0.2) is 40.5 Å². The maximum Gasteiger partial charge on any atom is 0.435 e. The Labute approximate surface area is 200 Å². The second kappa shape index (κ2) is 8.64. The Balaban J connectivity index is 1.64. The molecule has 2 saturated heterocycles. The minimum Gasteiger partial charge on any atom is -0.377 e. The van der Waals surface area contributed by atoms with Gasteiger partial charge in [-0.05, 0) is 56.9 Å². The fourth-order valence-electron chi connectivity index (χ4n) is 5.25. The molecule has 0 spiro atoms. The van der Waals surface area contributed by atoms with E-state index in [1.165, 1.54) is 0 Å². The molecule has 10 heteroatoms. The minimum absolute atomic E-state index is 0.0616. The zero-order valence-electron chi connectivity index (χ0n) is 19.6. The summed E-state index contributed by atoms with van der Waals surface area (Å²) in [6.07, 6.45) is -3.05. The van der Waals surface area contributed by atoms with Crippen LogP contribution < -0.4 is 10.2 Å². The molecule has 1 aromatic carbocycles. The summed E-state index contributed by atoms with van der Waals surface area (Å²) in [5, 5.41) is 21.5. The Bertz CT molecular complexity index is 1320. The van der Waals surface area contributed by atoms with E-state index in [0.717, 1.165) is 24.0 Å². The molecule has 2 aliphatic heterocycles. The van der Waals surface area contributed by atoms with E-state index >= 15 is 0 Å². The van der Waals surface area contributed by atoms with Gasteiger partial charge in [0.1, 0.15) is 0 Å². The first-order valence-corrected chi connectivity index (χ1v) is 11.6. The van der Waals surface area contributed by atoms with E-state index in [-0.39, 0.29) is 29.3 Å². The van der Waals surface area contributed by atoms with Crippen molar-refractivity contribution in [2.45, 2.75) is 57.9 Å². The van der Waals surface area contributed by atoms with Gasteiger partial charge in [0, 0.05) is 5.39 Å². The van der Waals surface area contributed by atoms with E-state index < -0.39 is 11.9 Å². The highest BCUT2D eigenvalue weighted by Crippen LogP contribution is 2.43. The maximum atomic E-state index is 14.2. The summed E-state index contributed by atoms with van der Waals surface area (Å²) < 4.78 is 48.2. The molecule has 2 aromatic heterocycles. The molecule has 2 bridgehead atoms. The molecule has 3 atom stereocenters. The van der Waals surface area contributed by atoms with Gasteiger partial charge in [-0.1, -0.05) is 12.1 Å². The number of morpholine rings is 1. The second-order valence-electron chi connectivity index (χ2n) is 9.21. The molecule has 0 aliphatic carbocycles. The highest BCUT2D eigenvalue weighted by atomic mass is 19.4. The number of halogens is 3. The molecule has 4 heterocycles. The van der Waals surface area contributed by atoms with E-state index in [0.29, 0.717) is 35.7 Å². The molecule has 2 unspecified atom stereocenters. The number of ether oxygens (including phenoxy) is 1. The number of nitriles is 1. The van der Waals surface area contributed by atoms with Gasteiger partial charge in [-0.25, -0.2) is 4.98 Å². The van der Waals surface area contributed by atoms with Crippen LogP contribution in [0.5, 0.6) is 0 Å². The van der Waals surface area contributed by atoms with Crippen molar-refractivity contribution in [1.82, 2.24) is 15.2 Å². The molecule has 2 fully saturated rings. The largest absolute Gasteiger partial charge is 0.435 e. The van der Waals surface area contributed by atoms with E-state index in [1.807, 2.05) is 30.9 Å². The van der Waals surface area contributed by atoms with Crippen LogP contribution in [0, 0.1) is 25.2 Å². The maximum absolute atomic E-state index is 14.2. The smallest absolute Gasteiger partial charge is 0.377 e. The Morgan fingerprint density at radius 3 is 2.54 bits per heavy atom. The summed E-state index contributed by atoms with van der Waals surface area (Å²) in [6.45, 7) is 6.19. The first kappa shape index (κ1) is 23.3. The molecule has 35 heavy (non-hydrogen) atoms. The average Bonchev–Trinajstić information content (AvgIpc) is 3.07.